The zero-order valence-electron chi connectivity index (χ0n) is 16.4. The highest BCUT2D eigenvalue weighted by Gasteiger charge is 2.03. The maximum atomic E-state index is 9.80. The van der Waals surface area contributed by atoms with Crippen LogP contribution in [0, 0.1) is 11.8 Å². The highest BCUT2D eigenvalue weighted by Crippen LogP contribution is 2.14. The Kier molecular flexibility index (Phi) is 9.94. The van der Waals surface area contributed by atoms with E-state index in [0.29, 0.717) is 17.9 Å². The first-order chi connectivity index (χ1) is 14.2. The predicted molar refractivity (Wildman–Crippen MR) is 121 cm³/mol. The van der Waals surface area contributed by atoms with Crippen LogP contribution in [0.3, 0.4) is 0 Å². The van der Waals surface area contributed by atoms with Crippen molar-refractivity contribution in [1.29, 1.82) is 0 Å². The lowest BCUT2D eigenvalue weighted by molar-refractivity contribution is -0.103. The molecule has 0 radical (unpaired) electrons. The predicted octanol–water partition coefficient (Wildman–Crippen LogP) is 2.37. The molecule has 0 spiro atoms. The smallest absolute Gasteiger partial charge is 0.193 e. The lowest BCUT2D eigenvalue weighted by Gasteiger charge is -2.10. The van der Waals surface area contributed by atoms with Gasteiger partial charge >= 0.3 is 0 Å². The number of aromatic amines is 1. The molecule has 7 heteroatoms. The standard InChI is InChI=1S/C13H19N5S.C9H6O/c1-14-5-2-6-17-13(19)18-9-10-3-7-15-12-11(10)4-8-16-12;10-8-4-7-9-5-2-1-3-6-9/h3-4,7-8,14H,2,5-6,9H2,1H3,(H,15,16)(H2,17,18,19);1-3,5-6,8H. The van der Waals surface area contributed by atoms with Gasteiger partial charge in [0.15, 0.2) is 11.4 Å². The number of fused-ring (bicyclic) bond motifs is 1. The molecule has 29 heavy (non-hydrogen) atoms. The zero-order valence-corrected chi connectivity index (χ0v) is 17.2. The first kappa shape index (κ1) is 22.1. The van der Waals surface area contributed by atoms with Crippen molar-refractivity contribution < 1.29 is 4.79 Å². The molecule has 4 N–H and O–H groups in total. The number of benzene rings is 1. The second-order valence-corrected chi connectivity index (χ2v) is 6.44. The molecule has 2 aromatic heterocycles. The minimum atomic E-state index is 0.590. The normalized spacial score (nSPS) is 9.55. The van der Waals surface area contributed by atoms with Gasteiger partial charge in [0.25, 0.3) is 0 Å². The van der Waals surface area contributed by atoms with Crippen molar-refractivity contribution in [2.24, 2.45) is 0 Å². The van der Waals surface area contributed by atoms with Crippen LogP contribution in [0.2, 0.25) is 0 Å². The first-order valence-corrected chi connectivity index (χ1v) is 9.73. The Morgan fingerprint density at radius 2 is 2.00 bits per heavy atom. The second-order valence-electron chi connectivity index (χ2n) is 6.03. The summed E-state index contributed by atoms with van der Waals surface area (Å²) in [6, 6.07) is 13.4. The van der Waals surface area contributed by atoms with Crippen LogP contribution in [0.25, 0.3) is 11.0 Å². The van der Waals surface area contributed by atoms with Gasteiger partial charge in [-0.3, -0.25) is 4.79 Å². The van der Waals surface area contributed by atoms with Gasteiger partial charge in [-0.25, -0.2) is 4.98 Å². The van der Waals surface area contributed by atoms with Crippen LogP contribution in [0.4, 0.5) is 0 Å². The third-order valence-electron chi connectivity index (χ3n) is 3.93. The molecule has 0 unspecified atom stereocenters. The largest absolute Gasteiger partial charge is 0.363 e. The Balaban J connectivity index is 0.000000253. The average molecular weight is 408 g/mol. The third-order valence-corrected chi connectivity index (χ3v) is 4.22. The molecule has 3 rings (SSSR count). The van der Waals surface area contributed by atoms with E-state index in [1.807, 2.05) is 55.7 Å². The van der Waals surface area contributed by atoms with Gasteiger partial charge in [-0.1, -0.05) is 24.1 Å². The molecule has 0 bridgehead atoms. The highest BCUT2D eigenvalue weighted by atomic mass is 32.1. The number of aromatic nitrogens is 2. The second kappa shape index (κ2) is 13.0. The molecule has 0 saturated carbocycles. The summed E-state index contributed by atoms with van der Waals surface area (Å²) in [6.07, 6.45) is 5.34. The number of aldehydes is 1. The topological polar surface area (TPSA) is 81.8 Å². The van der Waals surface area contributed by atoms with Crippen molar-refractivity contribution in [2.75, 3.05) is 20.1 Å². The van der Waals surface area contributed by atoms with E-state index in [-0.39, 0.29) is 0 Å². The lowest BCUT2D eigenvalue weighted by Crippen LogP contribution is -2.36. The maximum absolute atomic E-state index is 9.80. The van der Waals surface area contributed by atoms with E-state index >= 15 is 0 Å². The van der Waals surface area contributed by atoms with Crippen LogP contribution < -0.4 is 16.0 Å². The first-order valence-electron chi connectivity index (χ1n) is 9.32. The molecule has 2 heterocycles. The number of carbonyl (C=O) groups is 1. The van der Waals surface area contributed by atoms with Gasteiger partial charge in [0.05, 0.1) is 0 Å². The van der Waals surface area contributed by atoms with E-state index in [2.05, 4.69) is 37.8 Å². The van der Waals surface area contributed by atoms with Crippen LogP contribution in [0.5, 0.6) is 0 Å². The van der Waals surface area contributed by atoms with E-state index < -0.39 is 0 Å². The number of hydrogen-bond donors (Lipinski definition) is 4. The van der Waals surface area contributed by atoms with Gasteiger partial charge in [0.1, 0.15) is 5.65 Å². The Labute approximate surface area is 176 Å². The lowest BCUT2D eigenvalue weighted by atomic mass is 10.2. The Morgan fingerprint density at radius 3 is 2.76 bits per heavy atom. The fraction of sp³-hybridized carbons (Fsp3) is 0.227. The van der Waals surface area contributed by atoms with E-state index in [1.165, 1.54) is 5.56 Å². The molecule has 150 valence electrons. The summed E-state index contributed by atoms with van der Waals surface area (Å²) < 4.78 is 0. The average Bonchev–Trinajstić information content (AvgIpc) is 3.24. The Bertz CT molecular complexity index is 959. The summed E-state index contributed by atoms with van der Waals surface area (Å²) in [4.78, 5) is 17.2. The van der Waals surface area contributed by atoms with Gasteiger partial charge in [-0.05, 0) is 68.0 Å². The van der Waals surface area contributed by atoms with Crippen molar-refractivity contribution in [3.05, 3.63) is 66.0 Å². The summed E-state index contributed by atoms with van der Waals surface area (Å²) in [5.74, 6) is 5.01. The van der Waals surface area contributed by atoms with Crippen molar-refractivity contribution >= 4 is 34.6 Å². The molecule has 6 nitrogen and oxygen atoms in total. The maximum Gasteiger partial charge on any atom is 0.193 e. The highest BCUT2D eigenvalue weighted by molar-refractivity contribution is 7.80. The number of nitrogens with zero attached hydrogens (tertiary/aromatic N) is 1. The molecule has 0 fully saturated rings. The molecule has 3 aromatic rings. The molecule has 1 aromatic carbocycles. The van der Waals surface area contributed by atoms with Crippen molar-refractivity contribution in [2.45, 2.75) is 13.0 Å². The molecule has 0 atom stereocenters. The quantitative estimate of drug-likeness (QED) is 0.217. The SMILES string of the molecule is CNCCCNC(=S)NCc1ccnc2[nH]ccc12.O=CC#Cc1ccccc1. The molecule has 0 aliphatic heterocycles. The molecule has 0 aliphatic rings. The van der Waals surface area contributed by atoms with Crippen molar-refractivity contribution in [3.63, 3.8) is 0 Å². The molecule has 0 saturated heterocycles. The number of rotatable bonds is 6. The Hall–Kier alpha value is -3.21. The summed E-state index contributed by atoms with van der Waals surface area (Å²) in [5.41, 5.74) is 2.97. The number of H-pyrrole nitrogens is 1. The van der Waals surface area contributed by atoms with Crippen LogP contribution in [0.1, 0.15) is 17.5 Å². The Morgan fingerprint density at radius 1 is 1.17 bits per heavy atom. The van der Waals surface area contributed by atoms with Gasteiger partial charge < -0.3 is 20.9 Å². The fourth-order valence-corrected chi connectivity index (χ4v) is 2.69. The molecule has 0 aliphatic carbocycles. The monoisotopic (exact) mass is 407 g/mol. The van der Waals surface area contributed by atoms with Gasteiger partial charge in [0, 0.05) is 36.4 Å². The van der Waals surface area contributed by atoms with Crippen LogP contribution in [0.15, 0.2) is 54.9 Å². The van der Waals surface area contributed by atoms with Crippen LogP contribution in [-0.2, 0) is 11.3 Å². The van der Waals surface area contributed by atoms with E-state index in [1.54, 1.807) is 6.20 Å². The zero-order chi connectivity index (χ0) is 20.7. The van der Waals surface area contributed by atoms with Gasteiger partial charge in [-0.2, -0.15) is 0 Å². The van der Waals surface area contributed by atoms with Crippen molar-refractivity contribution in [3.8, 4) is 11.8 Å². The number of hydrogen-bond acceptors (Lipinski definition) is 4. The third kappa shape index (κ3) is 8.13. The minimum Gasteiger partial charge on any atom is -0.363 e. The summed E-state index contributed by atoms with van der Waals surface area (Å²) in [5, 5.41) is 11.3. The molecule has 0 amide bonds. The fourth-order valence-electron chi connectivity index (χ4n) is 2.51. The molecular weight excluding hydrogens is 382 g/mol. The summed E-state index contributed by atoms with van der Waals surface area (Å²) in [6.45, 7) is 2.57. The van der Waals surface area contributed by atoms with Gasteiger partial charge in [0.2, 0.25) is 0 Å². The van der Waals surface area contributed by atoms with Crippen LogP contribution >= 0.6 is 12.2 Å². The molecular formula is C22H25N5OS. The number of thiocarbonyl (C=S) groups is 1. The van der Waals surface area contributed by atoms with E-state index in [4.69, 9.17) is 12.2 Å². The summed E-state index contributed by atoms with van der Waals surface area (Å²) in [7, 11) is 1.95. The van der Waals surface area contributed by atoms with Crippen molar-refractivity contribution in [1.82, 2.24) is 25.9 Å². The van der Waals surface area contributed by atoms with Crippen LogP contribution in [-0.4, -0.2) is 41.5 Å². The van der Waals surface area contributed by atoms with E-state index in [0.717, 1.165) is 36.1 Å². The number of carbonyl (C=O) groups excluding carboxylic acids is 1. The van der Waals surface area contributed by atoms with Gasteiger partial charge in [-0.15, -0.1) is 0 Å². The number of nitrogens with one attached hydrogen (secondary N) is 4. The summed E-state index contributed by atoms with van der Waals surface area (Å²) >= 11 is 5.24. The minimum absolute atomic E-state index is 0.590. The van der Waals surface area contributed by atoms with E-state index in [9.17, 15) is 4.79 Å². The number of pyridine rings is 1.